The molecule has 14 heavy (non-hydrogen) atoms. The predicted molar refractivity (Wildman–Crippen MR) is 58.5 cm³/mol. The first kappa shape index (κ1) is 10.0. The summed E-state index contributed by atoms with van der Waals surface area (Å²) in [6.45, 7) is 0. The molecule has 2 rings (SSSR count). The van der Waals surface area contributed by atoms with Crippen LogP contribution in [0, 0.1) is 5.92 Å². The van der Waals surface area contributed by atoms with E-state index in [0.717, 1.165) is 30.7 Å². The minimum Gasteiger partial charge on any atom is -0.393 e. The highest BCUT2D eigenvalue weighted by Gasteiger charge is 2.24. The molecule has 0 bridgehead atoms. The molecular formula is C12H15ClO. The zero-order chi connectivity index (χ0) is 9.97. The quantitative estimate of drug-likeness (QED) is 0.796. The third-order valence-electron chi connectivity index (χ3n) is 3.01. The highest BCUT2D eigenvalue weighted by Crippen LogP contribution is 2.29. The average Bonchev–Trinajstić information content (AvgIpc) is 2.52. The van der Waals surface area contributed by atoms with Crippen LogP contribution >= 0.6 is 11.6 Å². The van der Waals surface area contributed by atoms with Crippen LogP contribution < -0.4 is 0 Å². The summed E-state index contributed by atoms with van der Waals surface area (Å²) in [4.78, 5) is 0. The highest BCUT2D eigenvalue weighted by atomic mass is 35.5. The van der Waals surface area contributed by atoms with Gasteiger partial charge in [-0.15, -0.1) is 0 Å². The topological polar surface area (TPSA) is 20.2 Å². The fourth-order valence-corrected chi connectivity index (χ4v) is 2.43. The second-order valence-corrected chi connectivity index (χ2v) is 4.53. The highest BCUT2D eigenvalue weighted by molar-refractivity contribution is 6.30. The van der Waals surface area contributed by atoms with Crippen molar-refractivity contribution in [3.63, 3.8) is 0 Å². The Morgan fingerprint density at radius 2 is 2.21 bits per heavy atom. The second kappa shape index (κ2) is 4.33. The van der Waals surface area contributed by atoms with E-state index in [1.54, 1.807) is 0 Å². The van der Waals surface area contributed by atoms with Gasteiger partial charge < -0.3 is 5.11 Å². The molecule has 0 heterocycles. The van der Waals surface area contributed by atoms with Crippen LogP contribution in [0.5, 0.6) is 0 Å². The summed E-state index contributed by atoms with van der Waals surface area (Å²) >= 11 is 5.90. The Hall–Kier alpha value is -0.530. The van der Waals surface area contributed by atoms with E-state index >= 15 is 0 Å². The number of halogens is 1. The molecule has 1 aromatic carbocycles. The van der Waals surface area contributed by atoms with Crippen LogP contribution in [0.1, 0.15) is 24.8 Å². The lowest BCUT2D eigenvalue weighted by atomic mass is 9.96. The standard InChI is InChI=1S/C12H15ClO/c13-11-5-1-3-9(8-11)7-10-4-2-6-12(10)14/h1,3,5,8,10,12,14H,2,4,6-7H2. The van der Waals surface area contributed by atoms with E-state index in [9.17, 15) is 5.11 Å². The maximum atomic E-state index is 9.69. The molecule has 0 saturated heterocycles. The summed E-state index contributed by atoms with van der Waals surface area (Å²) in [7, 11) is 0. The first-order valence-corrected chi connectivity index (χ1v) is 5.56. The summed E-state index contributed by atoms with van der Waals surface area (Å²) < 4.78 is 0. The normalized spacial score (nSPS) is 26.7. The molecule has 2 unspecified atom stereocenters. The lowest BCUT2D eigenvalue weighted by Gasteiger charge is -2.14. The van der Waals surface area contributed by atoms with Gasteiger partial charge in [0.25, 0.3) is 0 Å². The third kappa shape index (κ3) is 2.28. The molecule has 1 fully saturated rings. The van der Waals surface area contributed by atoms with Gasteiger partial charge in [-0.05, 0) is 42.9 Å². The van der Waals surface area contributed by atoms with Gasteiger partial charge in [0.1, 0.15) is 0 Å². The van der Waals surface area contributed by atoms with E-state index < -0.39 is 0 Å². The van der Waals surface area contributed by atoms with E-state index in [1.807, 2.05) is 18.2 Å². The van der Waals surface area contributed by atoms with Crippen molar-refractivity contribution in [1.82, 2.24) is 0 Å². The van der Waals surface area contributed by atoms with Crippen molar-refractivity contribution in [1.29, 1.82) is 0 Å². The molecule has 1 saturated carbocycles. The van der Waals surface area contributed by atoms with E-state index in [4.69, 9.17) is 11.6 Å². The van der Waals surface area contributed by atoms with Gasteiger partial charge in [-0.2, -0.15) is 0 Å². The lowest BCUT2D eigenvalue weighted by molar-refractivity contribution is 0.132. The zero-order valence-electron chi connectivity index (χ0n) is 8.12. The summed E-state index contributed by atoms with van der Waals surface area (Å²) in [5.74, 6) is 0.438. The largest absolute Gasteiger partial charge is 0.393 e. The van der Waals surface area contributed by atoms with Gasteiger partial charge in [0.05, 0.1) is 6.10 Å². The fraction of sp³-hybridized carbons (Fsp3) is 0.500. The summed E-state index contributed by atoms with van der Waals surface area (Å²) in [6, 6.07) is 7.93. The number of hydrogen-bond donors (Lipinski definition) is 1. The lowest BCUT2D eigenvalue weighted by Crippen LogP contribution is -2.15. The van der Waals surface area contributed by atoms with Crippen LogP contribution in [0.25, 0.3) is 0 Å². The van der Waals surface area contributed by atoms with Crippen molar-refractivity contribution in [2.75, 3.05) is 0 Å². The van der Waals surface area contributed by atoms with Crippen molar-refractivity contribution in [3.8, 4) is 0 Å². The number of aliphatic hydroxyl groups excluding tert-OH is 1. The van der Waals surface area contributed by atoms with Crippen LogP contribution in [-0.4, -0.2) is 11.2 Å². The van der Waals surface area contributed by atoms with Crippen molar-refractivity contribution in [3.05, 3.63) is 34.9 Å². The molecule has 1 N–H and O–H groups in total. The first-order valence-electron chi connectivity index (χ1n) is 5.18. The van der Waals surface area contributed by atoms with E-state index in [0.29, 0.717) is 5.92 Å². The van der Waals surface area contributed by atoms with Crippen molar-refractivity contribution in [2.24, 2.45) is 5.92 Å². The maximum Gasteiger partial charge on any atom is 0.0571 e. The zero-order valence-corrected chi connectivity index (χ0v) is 8.87. The molecule has 2 heteroatoms. The summed E-state index contributed by atoms with van der Waals surface area (Å²) in [5, 5.41) is 10.5. The van der Waals surface area contributed by atoms with Gasteiger partial charge in [-0.1, -0.05) is 30.2 Å². The Bertz CT molecular complexity index is 311. The molecule has 0 radical (unpaired) electrons. The SMILES string of the molecule is OC1CCCC1Cc1cccc(Cl)c1. The Labute approximate surface area is 89.7 Å². The molecule has 1 aromatic rings. The summed E-state index contributed by atoms with van der Waals surface area (Å²) in [6.07, 6.45) is 4.13. The number of hydrogen-bond acceptors (Lipinski definition) is 1. The van der Waals surface area contributed by atoms with E-state index in [-0.39, 0.29) is 6.10 Å². The van der Waals surface area contributed by atoms with Crippen LogP contribution in [0.3, 0.4) is 0 Å². The fourth-order valence-electron chi connectivity index (χ4n) is 2.22. The van der Waals surface area contributed by atoms with Crippen LogP contribution in [0.4, 0.5) is 0 Å². The monoisotopic (exact) mass is 210 g/mol. The molecule has 0 aliphatic heterocycles. The van der Waals surface area contributed by atoms with Gasteiger partial charge in [-0.25, -0.2) is 0 Å². The molecule has 1 aliphatic rings. The second-order valence-electron chi connectivity index (χ2n) is 4.09. The van der Waals surface area contributed by atoms with Gasteiger partial charge in [0, 0.05) is 5.02 Å². The third-order valence-corrected chi connectivity index (χ3v) is 3.24. The number of benzene rings is 1. The van der Waals surface area contributed by atoms with Crippen molar-refractivity contribution in [2.45, 2.75) is 31.8 Å². The molecule has 2 atom stereocenters. The number of aliphatic hydroxyl groups is 1. The molecule has 1 nitrogen and oxygen atoms in total. The molecule has 0 aromatic heterocycles. The van der Waals surface area contributed by atoms with Gasteiger partial charge in [0.2, 0.25) is 0 Å². The molecule has 76 valence electrons. The van der Waals surface area contributed by atoms with Gasteiger partial charge >= 0.3 is 0 Å². The molecule has 0 spiro atoms. The van der Waals surface area contributed by atoms with Crippen LogP contribution in [0.2, 0.25) is 5.02 Å². The Balaban J connectivity index is 2.03. The molecule has 0 amide bonds. The maximum absolute atomic E-state index is 9.69. The predicted octanol–water partition coefficient (Wildman–Crippen LogP) is 3.04. The van der Waals surface area contributed by atoms with E-state index in [2.05, 4.69) is 6.07 Å². The Morgan fingerprint density at radius 3 is 2.86 bits per heavy atom. The Kier molecular flexibility index (Phi) is 3.09. The van der Waals surface area contributed by atoms with Crippen molar-refractivity contribution < 1.29 is 5.11 Å². The number of rotatable bonds is 2. The van der Waals surface area contributed by atoms with Crippen LogP contribution in [0.15, 0.2) is 24.3 Å². The average molecular weight is 211 g/mol. The first-order chi connectivity index (χ1) is 6.75. The summed E-state index contributed by atoms with van der Waals surface area (Å²) in [5.41, 5.74) is 1.24. The minimum absolute atomic E-state index is 0.103. The van der Waals surface area contributed by atoms with Crippen molar-refractivity contribution >= 4 is 11.6 Å². The van der Waals surface area contributed by atoms with Crippen LogP contribution in [-0.2, 0) is 6.42 Å². The van der Waals surface area contributed by atoms with Gasteiger partial charge in [0.15, 0.2) is 0 Å². The molecule has 1 aliphatic carbocycles. The van der Waals surface area contributed by atoms with E-state index in [1.165, 1.54) is 5.56 Å². The smallest absolute Gasteiger partial charge is 0.0571 e. The Morgan fingerprint density at radius 1 is 1.36 bits per heavy atom. The molecular weight excluding hydrogens is 196 g/mol. The van der Waals surface area contributed by atoms with Gasteiger partial charge in [-0.3, -0.25) is 0 Å². The minimum atomic E-state index is -0.103.